The summed E-state index contributed by atoms with van der Waals surface area (Å²) in [5.41, 5.74) is -1.25. The summed E-state index contributed by atoms with van der Waals surface area (Å²) in [5.74, 6) is -0.419. The van der Waals surface area contributed by atoms with E-state index < -0.39 is 27.7 Å². The molecule has 0 spiro atoms. The summed E-state index contributed by atoms with van der Waals surface area (Å²) < 4.78 is 39.0. The molecule has 1 aromatic heterocycles. The van der Waals surface area contributed by atoms with Crippen molar-refractivity contribution in [2.24, 2.45) is 10.2 Å². The van der Waals surface area contributed by atoms with Gasteiger partial charge in [0, 0.05) is 17.5 Å². The number of fused-ring (bicyclic) bond motifs is 1. The molecule has 0 aliphatic rings. The van der Waals surface area contributed by atoms with Crippen molar-refractivity contribution in [3.05, 3.63) is 58.1 Å². The topological polar surface area (TPSA) is 116 Å². The fourth-order valence-corrected chi connectivity index (χ4v) is 2.59. The van der Waals surface area contributed by atoms with Gasteiger partial charge in [-0.25, -0.2) is 0 Å². The molecule has 0 unspecified atom stereocenters. The second kappa shape index (κ2) is 7.23. The number of nitrogens with zero attached hydrogens (tertiary/aromatic N) is 3. The molecular formula is C16H10F3N5O3S. The number of halogens is 3. The zero-order chi connectivity index (χ0) is 20.5. The van der Waals surface area contributed by atoms with Crippen LogP contribution in [0.2, 0.25) is 0 Å². The summed E-state index contributed by atoms with van der Waals surface area (Å²) >= 11 is 4.89. The molecule has 0 aliphatic carbocycles. The van der Waals surface area contributed by atoms with Crippen LogP contribution in [0, 0.1) is 10.1 Å². The van der Waals surface area contributed by atoms with Crippen molar-refractivity contribution in [3.63, 3.8) is 0 Å². The Bertz CT molecular complexity index is 1110. The van der Waals surface area contributed by atoms with Gasteiger partial charge < -0.3 is 15.4 Å². The van der Waals surface area contributed by atoms with Gasteiger partial charge in [-0.1, -0.05) is 12.1 Å². The number of non-ortho nitro benzene ring substituents is 1. The number of nitro benzene ring substituents is 1. The van der Waals surface area contributed by atoms with E-state index in [0.717, 1.165) is 6.07 Å². The maximum Gasteiger partial charge on any atom is 0.418 e. The minimum Gasteiger partial charge on any atom is -0.493 e. The van der Waals surface area contributed by atoms with Gasteiger partial charge in [0.2, 0.25) is 11.0 Å². The molecule has 12 heteroatoms. The van der Waals surface area contributed by atoms with Gasteiger partial charge >= 0.3 is 6.18 Å². The number of H-pyrrole nitrogens is 1. The largest absolute Gasteiger partial charge is 0.493 e. The lowest BCUT2D eigenvalue weighted by Crippen LogP contribution is -2.13. The van der Waals surface area contributed by atoms with Gasteiger partial charge in [-0.15, -0.1) is 10.2 Å². The van der Waals surface area contributed by atoms with Crippen LogP contribution in [-0.2, 0) is 6.18 Å². The third-order valence-electron chi connectivity index (χ3n) is 3.66. The monoisotopic (exact) mass is 409 g/mol. The van der Waals surface area contributed by atoms with Gasteiger partial charge in [0.05, 0.1) is 21.7 Å². The summed E-state index contributed by atoms with van der Waals surface area (Å²) in [6, 6.07) is 8.47. The summed E-state index contributed by atoms with van der Waals surface area (Å²) in [5, 5.41) is 30.3. The van der Waals surface area contributed by atoms with Crippen LogP contribution in [0.25, 0.3) is 10.9 Å². The molecule has 0 bridgehead atoms. The fraction of sp³-hybridized carbons (Fsp3) is 0.0625. The Balaban J connectivity index is 1.89. The third-order valence-corrected chi connectivity index (χ3v) is 3.85. The first-order valence-corrected chi connectivity index (χ1v) is 7.95. The summed E-state index contributed by atoms with van der Waals surface area (Å²) in [6.45, 7) is 0. The standard InChI is InChI=1S/C16H10F3N5O3S/c17-16(18,19)10-3-1-2-4-12(10)21-15(28)23-22-13-9-7-8(24(26)27)5-6-11(9)20-14(13)25/h1-7,20,25H,(H,21,28). The van der Waals surface area contributed by atoms with Crippen LogP contribution in [0.3, 0.4) is 0 Å². The van der Waals surface area contributed by atoms with Crippen molar-refractivity contribution in [3.8, 4) is 5.88 Å². The predicted octanol–water partition coefficient (Wildman–Crippen LogP) is 5.28. The van der Waals surface area contributed by atoms with Crippen LogP contribution in [-0.4, -0.2) is 20.1 Å². The highest BCUT2D eigenvalue weighted by Crippen LogP contribution is 2.38. The molecule has 1 heterocycles. The van der Waals surface area contributed by atoms with Crippen LogP contribution in [0.4, 0.5) is 30.2 Å². The molecule has 3 rings (SSSR count). The molecule has 144 valence electrons. The molecule has 0 saturated heterocycles. The number of nitro groups is 1. The van der Waals surface area contributed by atoms with Crippen molar-refractivity contribution >= 4 is 45.3 Å². The minimum absolute atomic E-state index is 0.132. The van der Waals surface area contributed by atoms with E-state index in [9.17, 15) is 28.4 Å². The van der Waals surface area contributed by atoms with E-state index in [0.29, 0.717) is 5.52 Å². The van der Waals surface area contributed by atoms with E-state index in [2.05, 4.69) is 20.5 Å². The summed E-state index contributed by atoms with van der Waals surface area (Å²) in [4.78, 5) is 12.8. The van der Waals surface area contributed by atoms with E-state index in [4.69, 9.17) is 12.2 Å². The number of aromatic hydroxyl groups is 1. The zero-order valence-corrected chi connectivity index (χ0v) is 14.5. The fourth-order valence-electron chi connectivity index (χ4n) is 2.44. The molecule has 8 nitrogen and oxygen atoms in total. The molecule has 28 heavy (non-hydrogen) atoms. The lowest BCUT2D eigenvalue weighted by atomic mass is 10.2. The second-order valence-corrected chi connectivity index (χ2v) is 5.87. The first-order valence-electron chi connectivity index (χ1n) is 7.55. The average Bonchev–Trinajstić information content (AvgIpc) is 2.93. The Hall–Kier alpha value is -3.54. The normalized spacial score (nSPS) is 11.8. The Morgan fingerprint density at radius 3 is 2.64 bits per heavy atom. The molecule has 0 saturated carbocycles. The number of benzene rings is 2. The number of hydrogen-bond donors (Lipinski definition) is 3. The van der Waals surface area contributed by atoms with Crippen molar-refractivity contribution in [2.75, 3.05) is 5.32 Å². The Kier molecular flexibility index (Phi) is 4.96. The minimum atomic E-state index is -4.59. The maximum atomic E-state index is 13.0. The first kappa shape index (κ1) is 19.2. The number of anilines is 1. The van der Waals surface area contributed by atoms with Gasteiger partial charge in [0.25, 0.3) is 5.69 Å². The Morgan fingerprint density at radius 1 is 1.25 bits per heavy atom. The predicted molar refractivity (Wildman–Crippen MR) is 98.8 cm³/mol. The number of nitrogens with one attached hydrogen (secondary N) is 2. The quantitative estimate of drug-likeness (QED) is 0.236. The van der Waals surface area contributed by atoms with Gasteiger partial charge in [0.15, 0.2) is 5.69 Å². The number of rotatable bonds is 3. The number of hydrogen-bond acceptors (Lipinski definition) is 5. The second-order valence-electron chi connectivity index (χ2n) is 5.48. The molecular weight excluding hydrogens is 399 g/mol. The molecule has 3 aromatic rings. The van der Waals surface area contributed by atoms with E-state index >= 15 is 0 Å². The van der Waals surface area contributed by atoms with Gasteiger partial charge in [0.1, 0.15) is 0 Å². The highest BCUT2D eigenvalue weighted by atomic mass is 32.1. The highest BCUT2D eigenvalue weighted by molar-refractivity contribution is 7.80. The van der Waals surface area contributed by atoms with Crippen molar-refractivity contribution in [1.29, 1.82) is 0 Å². The lowest BCUT2D eigenvalue weighted by Gasteiger charge is -2.12. The number of thiocarbonyl (C=S) groups is 1. The third kappa shape index (κ3) is 3.91. The lowest BCUT2D eigenvalue weighted by molar-refractivity contribution is -0.384. The van der Waals surface area contributed by atoms with Crippen LogP contribution in [0.15, 0.2) is 52.7 Å². The first-order chi connectivity index (χ1) is 13.2. The van der Waals surface area contributed by atoms with E-state index in [1.54, 1.807) is 0 Å². The molecule has 0 radical (unpaired) electrons. The van der Waals surface area contributed by atoms with Gasteiger partial charge in [-0.3, -0.25) is 10.1 Å². The summed E-state index contributed by atoms with van der Waals surface area (Å²) in [7, 11) is 0. The molecule has 0 aliphatic heterocycles. The van der Waals surface area contributed by atoms with Crippen molar-refractivity contribution in [2.45, 2.75) is 6.18 Å². The van der Waals surface area contributed by atoms with Gasteiger partial charge in [-0.05, 0) is 30.4 Å². The average molecular weight is 409 g/mol. The number of aromatic amines is 1. The molecule has 0 amide bonds. The van der Waals surface area contributed by atoms with Crippen molar-refractivity contribution < 1.29 is 23.2 Å². The zero-order valence-electron chi connectivity index (χ0n) is 13.7. The number of azo groups is 1. The number of alkyl halides is 3. The molecule has 3 N–H and O–H groups in total. The number of aromatic nitrogens is 1. The van der Waals surface area contributed by atoms with Crippen LogP contribution < -0.4 is 5.32 Å². The van der Waals surface area contributed by atoms with Crippen molar-refractivity contribution in [1.82, 2.24) is 4.98 Å². The Morgan fingerprint density at radius 2 is 1.96 bits per heavy atom. The molecule has 0 fully saturated rings. The van der Waals surface area contributed by atoms with Crippen LogP contribution in [0.1, 0.15) is 5.56 Å². The van der Waals surface area contributed by atoms with E-state index in [1.165, 1.54) is 36.4 Å². The number of para-hydroxylation sites is 1. The SMILES string of the molecule is O=[N+]([O-])c1ccc2[nH]c(O)c(N=NC(=S)Nc3ccccc3C(F)(F)F)c2c1. The molecule has 0 atom stereocenters. The van der Waals surface area contributed by atoms with E-state index in [1.807, 2.05) is 0 Å². The summed E-state index contributed by atoms with van der Waals surface area (Å²) in [6.07, 6.45) is -4.59. The smallest absolute Gasteiger partial charge is 0.418 e. The highest BCUT2D eigenvalue weighted by Gasteiger charge is 2.33. The molecule has 2 aromatic carbocycles. The van der Waals surface area contributed by atoms with Gasteiger partial charge in [-0.2, -0.15) is 13.2 Å². The van der Waals surface area contributed by atoms with Crippen LogP contribution in [0.5, 0.6) is 5.88 Å². The van der Waals surface area contributed by atoms with E-state index in [-0.39, 0.29) is 22.4 Å². The van der Waals surface area contributed by atoms with Crippen LogP contribution >= 0.6 is 12.2 Å². The maximum absolute atomic E-state index is 13.0. The Labute approximate surface area is 159 Å².